The Labute approximate surface area is 154 Å². The lowest BCUT2D eigenvalue weighted by Gasteiger charge is -2.07. The van der Waals surface area contributed by atoms with Gasteiger partial charge in [0, 0.05) is 29.2 Å². The first-order valence-corrected chi connectivity index (χ1v) is 8.17. The molecular formula is C20H15N3O4. The van der Waals surface area contributed by atoms with Crippen molar-refractivity contribution in [2.45, 2.75) is 6.92 Å². The summed E-state index contributed by atoms with van der Waals surface area (Å²) in [6.45, 7) is 1.88. The van der Waals surface area contributed by atoms with Gasteiger partial charge in [-0.25, -0.2) is 14.8 Å². The molecule has 7 nitrogen and oxygen atoms in total. The lowest BCUT2D eigenvalue weighted by Crippen LogP contribution is -2.00. The Kier molecular flexibility index (Phi) is 3.97. The number of furan rings is 1. The van der Waals surface area contributed by atoms with Gasteiger partial charge in [0.15, 0.2) is 22.9 Å². The summed E-state index contributed by atoms with van der Waals surface area (Å²) >= 11 is 0. The molecule has 0 unspecified atom stereocenters. The predicted octanol–water partition coefficient (Wildman–Crippen LogP) is 4.39. The van der Waals surface area contributed by atoms with Crippen molar-refractivity contribution in [2.24, 2.45) is 4.99 Å². The number of aromatic hydroxyl groups is 1. The minimum absolute atomic E-state index is 0.0293. The number of carboxylic acids is 1. The van der Waals surface area contributed by atoms with Crippen molar-refractivity contribution in [3.05, 3.63) is 65.0 Å². The smallest absolute Gasteiger partial charge is 0.345 e. The fourth-order valence-corrected chi connectivity index (χ4v) is 2.84. The van der Waals surface area contributed by atoms with Gasteiger partial charge in [-0.1, -0.05) is 18.2 Å². The molecule has 0 bridgehead atoms. The summed E-state index contributed by atoms with van der Waals surface area (Å²) in [4.78, 5) is 20.0. The molecule has 0 fully saturated rings. The van der Waals surface area contributed by atoms with Gasteiger partial charge < -0.3 is 19.9 Å². The average molecular weight is 361 g/mol. The third-order valence-electron chi connectivity index (χ3n) is 4.23. The van der Waals surface area contributed by atoms with Gasteiger partial charge >= 0.3 is 5.97 Å². The number of aromatic carboxylic acids is 1. The van der Waals surface area contributed by atoms with Gasteiger partial charge in [-0.2, -0.15) is 0 Å². The number of pyridine rings is 1. The molecule has 1 aliphatic rings. The second-order valence-corrected chi connectivity index (χ2v) is 6.00. The molecule has 0 spiro atoms. The minimum atomic E-state index is -1.29. The second kappa shape index (κ2) is 6.45. The number of aryl methyl sites for hydroxylation is 1. The van der Waals surface area contributed by atoms with Gasteiger partial charge in [0.2, 0.25) is 5.88 Å². The Morgan fingerprint density at radius 1 is 1.22 bits per heavy atom. The van der Waals surface area contributed by atoms with Crippen LogP contribution in [-0.2, 0) is 0 Å². The summed E-state index contributed by atoms with van der Waals surface area (Å²) < 4.78 is 5.64. The quantitative estimate of drug-likeness (QED) is 0.636. The van der Waals surface area contributed by atoms with Crippen LogP contribution in [0.1, 0.15) is 27.2 Å². The number of para-hydroxylation sites is 1. The second-order valence-electron chi connectivity index (χ2n) is 6.00. The van der Waals surface area contributed by atoms with E-state index in [1.165, 1.54) is 0 Å². The maximum Gasteiger partial charge on any atom is 0.345 e. The van der Waals surface area contributed by atoms with E-state index >= 15 is 0 Å². The molecule has 1 aliphatic heterocycles. The first kappa shape index (κ1) is 16.6. The van der Waals surface area contributed by atoms with Crippen LogP contribution < -0.4 is 5.32 Å². The molecule has 0 atom stereocenters. The van der Waals surface area contributed by atoms with Crippen molar-refractivity contribution < 1.29 is 19.4 Å². The number of hydrogen-bond acceptors (Lipinski definition) is 6. The molecule has 0 saturated heterocycles. The number of aromatic nitrogens is 1. The van der Waals surface area contributed by atoms with Crippen LogP contribution in [0.25, 0.3) is 11.6 Å². The highest BCUT2D eigenvalue weighted by atomic mass is 16.4. The third-order valence-corrected chi connectivity index (χ3v) is 4.23. The van der Waals surface area contributed by atoms with Gasteiger partial charge in [-0.15, -0.1) is 0 Å². The van der Waals surface area contributed by atoms with Crippen molar-refractivity contribution in [1.82, 2.24) is 4.98 Å². The molecule has 0 aliphatic carbocycles. The van der Waals surface area contributed by atoms with E-state index in [9.17, 15) is 15.0 Å². The number of carboxylic acid groups (broad SMARTS) is 1. The van der Waals surface area contributed by atoms with E-state index in [1.807, 2.05) is 31.2 Å². The SMILES string of the molecule is Cc1ccccc1Nc1oc(C=C2C=Nc3ncccc32)c(O)c1C(=O)O. The van der Waals surface area contributed by atoms with Gasteiger partial charge in [-0.3, -0.25) is 0 Å². The number of rotatable bonds is 4. The number of hydrogen-bond donors (Lipinski definition) is 3. The zero-order valence-electron chi connectivity index (χ0n) is 14.3. The lowest BCUT2D eigenvalue weighted by molar-refractivity contribution is 0.0695. The number of allylic oxidation sites excluding steroid dienone is 1. The number of aliphatic imine (C=N–C) groups is 1. The maximum atomic E-state index is 11.6. The number of nitrogens with one attached hydrogen (secondary N) is 1. The first-order valence-electron chi connectivity index (χ1n) is 8.17. The molecule has 0 saturated carbocycles. The topological polar surface area (TPSA) is 108 Å². The van der Waals surface area contributed by atoms with Crippen LogP contribution in [0.4, 0.5) is 17.4 Å². The number of anilines is 2. The molecule has 1 aromatic carbocycles. The Balaban J connectivity index is 1.78. The van der Waals surface area contributed by atoms with Gasteiger partial charge in [-0.05, 0) is 36.8 Å². The van der Waals surface area contributed by atoms with Crippen LogP contribution >= 0.6 is 0 Å². The molecular weight excluding hydrogens is 346 g/mol. The molecule has 4 rings (SSSR count). The maximum absolute atomic E-state index is 11.6. The summed E-state index contributed by atoms with van der Waals surface area (Å²) in [6.07, 6.45) is 4.77. The Morgan fingerprint density at radius 2 is 2.04 bits per heavy atom. The van der Waals surface area contributed by atoms with Crippen molar-refractivity contribution in [3.63, 3.8) is 0 Å². The molecule has 0 radical (unpaired) electrons. The van der Waals surface area contributed by atoms with Crippen molar-refractivity contribution in [3.8, 4) is 5.75 Å². The minimum Gasteiger partial charge on any atom is -0.504 e. The van der Waals surface area contributed by atoms with Crippen LogP contribution in [0.5, 0.6) is 5.75 Å². The fourth-order valence-electron chi connectivity index (χ4n) is 2.84. The highest BCUT2D eigenvalue weighted by Gasteiger charge is 2.26. The molecule has 134 valence electrons. The number of carbonyl (C=O) groups is 1. The molecule has 27 heavy (non-hydrogen) atoms. The van der Waals surface area contributed by atoms with E-state index in [2.05, 4.69) is 15.3 Å². The van der Waals surface area contributed by atoms with Crippen molar-refractivity contribution >= 4 is 41.2 Å². The largest absolute Gasteiger partial charge is 0.504 e. The monoisotopic (exact) mass is 361 g/mol. The summed E-state index contributed by atoms with van der Waals surface area (Å²) in [5, 5.41) is 22.9. The van der Waals surface area contributed by atoms with E-state index in [-0.39, 0.29) is 17.2 Å². The summed E-state index contributed by atoms with van der Waals surface area (Å²) in [5.74, 6) is -1.19. The van der Waals surface area contributed by atoms with Crippen LogP contribution in [-0.4, -0.2) is 27.4 Å². The summed E-state index contributed by atoms with van der Waals surface area (Å²) in [7, 11) is 0. The van der Waals surface area contributed by atoms with Crippen LogP contribution in [0.15, 0.2) is 52.0 Å². The number of nitrogens with zero attached hydrogens (tertiary/aromatic N) is 2. The highest BCUT2D eigenvalue weighted by Crippen LogP contribution is 2.39. The lowest BCUT2D eigenvalue weighted by atomic mass is 10.1. The Bertz CT molecular complexity index is 1110. The van der Waals surface area contributed by atoms with E-state index in [0.29, 0.717) is 17.1 Å². The van der Waals surface area contributed by atoms with Crippen molar-refractivity contribution in [1.29, 1.82) is 0 Å². The molecule has 7 heteroatoms. The molecule has 3 N–H and O–H groups in total. The highest BCUT2D eigenvalue weighted by molar-refractivity contribution is 6.21. The summed E-state index contributed by atoms with van der Waals surface area (Å²) in [5.41, 5.74) is 2.71. The number of fused-ring (bicyclic) bond motifs is 1. The number of benzene rings is 1. The standard InChI is InChI=1S/C20H15N3O4/c1-11-5-2-3-7-14(11)23-19-16(20(25)26)17(24)15(27-19)9-12-10-22-18-13(12)6-4-8-21-18/h2-10,23-24H,1H3,(H,25,26). The third kappa shape index (κ3) is 2.95. The van der Waals surface area contributed by atoms with E-state index in [0.717, 1.165) is 11.1 Å². The summed E-state index contributed by atoms with van der Waals surface area (Å²) in [6, 6.07) is 11.0. The normalized spacial score (nSPS) is 13.7. The molecule has 3 heterocycles. The predicted molar refractivity (Wildman–Crippen MR) is 102 cm³/mol. The zero-order valence-corrected chi connectivity index (χ0v) is 14.3. The van der Waals surface area contributed by atoms with Gasteiger partial charge in [0.25, 0.3) is 0 Å². The Hall–Kier alpha value is -3.87. The van der Waals surface area contributed by atoms with E-state index in [1.54, 1.807) is 30.6 Å². The molecule has 0 amide bonds. The fraction of sp³-hybridized carbons (Fsp3) is 0.0500. The van der Waals surface area contributed by atoms with Crippen LogP contribution in [0.3, 0.4) is 0 Å². The van der Waals surface area contributed by atoms with E-state index < -0.39 is 11.7 Å². The van der Waals surface area contributed by atoms with Crippen LogP contribution in [0.2, 0.25) is 0 Å². The first-order chi connectivity index (χ1) is 13.0. The van der Waals surface area contributed by atoms with Gasteiger partial charge in [0.05, 0.1) is 0 Å². The van der Waals surface area contributed by atoms with Crippen LogP contribution in [0, 0.1) is 6.92 Å². The molecule has 3 aromatic rings. The zero-order chi connectivity index (χ0) is 19.0. The van der Waals surface area contributed by atoms with Gasteiger partial charge in [0.1, 0.15) is 0 Å². The van der Waals surface area contributed by atoms with Crippen molar-refractivity contribution in [2.75, 3.05) is 5.32 Å². The molecule has 2 aromatic heterocycles. The average Bonchev–Trinajstić information content (AvgIpc) is 3.19. The van der Waals surface area contributed by atoms with E-state index in [4.69, 9.17) is 4.42 Å². The Morgan fingerprint density at radius 3 is 2.81 bits per heavy atom.